The second-order valence-electron chi connectivity index (χ2n) is 6.66. The molecule has 0 bridgehead atoms. The third-order valence-electron chi connectivity index (χ3n) is 4.64. The lowest BCUT2D eigenvalue weighted by Crippen LogP contribution is -2.46. The fourth-order valence-corrected chi connectivity index (χ4v) is 4.50. The van der Waals surface area contributed by atoms with Crippen molar-refractivity contribution < 1.29 is 22.7 Å². The highest BCUT2D eigenvalue weighted by molar-refractivity contribution is 7.89. The monoisotopic (exact) mass is 417 g/mol. The van der Waals surface area contributed by atoms with E-state index >= 15 is 0 Å². The third kappa shape index (κ3) is 5.20. The molecule has 9 heteroatoms. The zero-order chi connectivity index (χ0) is 20.9. The minimum Gasteiger partial charge on any atom is -0.379 e. The van der Waals surface area contributed by atoms with E-state index in [1.807, 2.05) is 30.3 Å². The van der Waals surface area contributed by atoms with Gasteiger partial charge in [-0.25, -0.2) is 8.42 Å². The van der Waals surface area contributed by atoms with Gasteiger partial charge in [0.1, 0.15) is 6.04 Å². The molecule has 1 unspecified atom stereocenters. The number of ether oxygens (including phenoxy) is 1. The summed E-state index contributed by atoms with van der Waals surface area (Å²) >= 11 is 0. The molecule has 1 saturated heterocycles. The van der Waals surface area contributed by atoms with Crippen LogP contribution in [0, 0.1) is 0 Å². The Kier molecular flexibility index (Phi) is 6.63. The van der Waals surface area contributed by atoms with Crippen molar-refractivity contribution in [2.24, 2.45) is 5.73 Å². The standard InChI is InChI=1S/C20H23N3O5S/c21-19(24)18(13-15-5-2-1-3-6-15)22-20(25)16-7-4-8-17(14-16)29(26,27)23-9-11-28-12-10-23/h1-8,14,18H,9-13H2,(H2,21,24)(H,22,25). The van der Waals surface area contributed by atoms with Crippen molar-refractivity contribution in [1.29, 1.82) is 0 Å². The van der Waals surface area contributed by atoms with E-state index in [-0.39, 0.29) is 30.0 Å². The van der Waals surface area contributed by atoms with Crippen molar-refractivity contribution in [3.63, 3.8) is 0 Å². The van der Waals surface area contributed by atoms with Crippen LogP contribution in [-0.2, 0) is 26.0 Å². The number of carbonyl (C=O) groups is 2. The van der Waals surface area contributed by atoms with Crippen molar-refractivity contribution in [3.05, 3.63) is 65.7 Å². The molecule has 0 aliphatic carbocycles. The van der Waals surface area contributed by atoms with E-state index in [1.54, 1.807) is 0 Å². The Balaban J connectivity index is 1.76. The van der Waals surface area contributed by atoms with Crippen LogP contribution in [0.15, 0.2) is 59.5 Å². The highest BCUT2D eigenvalue weighted by atomic mass is 32.2. The van der Waals surface area contributed by atoms with Crippen molar-refractivity contribution in [2.45, 2.75) is 17.4 Å². The normalized spacial score (nSPS) is 16.1. The number of amides is 2. The first-order valence-corrected chi connectivity index (χ1v) is 10.6. The summed E-state index contributed by atoms with van der Waals surface area (Å²) in [5.74, 6) is -1.23. The number of sulfonamides is 1. The molecule has 0 aromatic heterocycles. The average molecular weight is 417 g/mol. The summed E-state index contributed by atoms with van der Waals surface area (Å²) in [6.07, 6.45) is 0.244. The molecule has 29 heavy (non-hydrogen) atoms. The van der Waals surface area contributed by atoms with Gasteiger partial charge < -0.3 is 15.8 Å². The lowest BCUT2D eigenvalue weighted by molar-refractivity contribution is -0.119. The summed E-state index contributed by atoms with van der Waals surface area (Å²) in [6, 6.07) is 14.0. The number of hydrogen-bond acceptors (Lipinski definition) is 5. The average Bonchev–Trinajstić information content (AvgIpc) is 2.74. The molecule has 0 saturated carbocycles. The van der Waals surface area contributed by atoms with Gasteiger partial charge in [0.25, 0.3) is 5.91 Å². The molecule has 3 rings (SSSR count). The molecule has 154 valence electrons. The fraction of sp³-hybridized carbons (Fsp3) is 0.300. The van der Waals surface area contributed by atoms with Crippen LogP contribution in [-0.4, -0.2) is 56.9 Å². The van der Waals surface area contributed by atoms with E-state index in [0.717, 1.165) is 5.56 Å². The van der Waals surface area contributed by atoms with Gasteiger partial charge in [0.15, 0.2) is 0 Å². The molecule has 1 atom stereocenters. The highest BCUT2D eigenvalue weighted by Gasteiger charge is 2.27. The van der Waals surface area contributed by atoms with Gasteiger partial charge in [-0.2, -0.15) is 4.31 Å². The summed E-state index contributed by atoms with van der Waals surface area (Å²) in [5, 5.41) is 2.60. The molecular weight excluding hydrogens is 394 g/mol. The maximum absolute atomic E-state index is 12.8. The van der Waals surface area contributed by atoms with Crippen LogP contribution in [0.25, 0.3) is 0 Å². The number of rotatable bonds is 7. The first kappa shape index (κ1) is 21.0. The summed E-state index contributed by atoms with van der Waals surface area (Å²) in [5.41, 5.74) is 6.42. The number of hydrogen-bond donors (Lipinski definition) is 2. The van der Waals surface area contributed by atoms with Gasteiger partial charge in [-0.15, -0.1) is 0 Å². The molecule has 1 aliphatic rings. The molecule has 0 radical (unpaired) electrons. The predicted octanol–water partition coefficient (Wildman–Crippen LogP) is 0.534. The Hall–Kier alpha value is -2.75. The Morgan fingerprint density at radius 3 is 2.41 bits per heavy atom. The number of primary amides is 1. The topological polar surface area (TPSA) is 119 Å². The van der Waals surface area contributed by atoms with E-state index < -0.39 is 27.9 Å². The van der Waals surface area contributed by atoms with Crippen LogP contribution < -0.4 is 11.1 Å². The molecular formula is C20H23N3O5S. The number of benzene rings is 2. The van der Waals surface area contributed by atoms with Crippen LogP contribution in [0.1, 0.15) is 15.9 Å². The molecule has 2 aromatic carbocycles. The molecule has 1 fully saturated rings. The SMILES string of the molecule is NC(=O)C(Cc1ccccc1)NC(=O)c1cccc(S(=O)(=O)N2CCOCC2)c1. The van der Waals surface area contributed by atoms with Gasteiger partial charge >= 0.3 is 0 Å². The maximum atomic E-state index is 12.8. The van der Waals surface area contributed by atoms with Crippen molar-refractivity contribution in [1.82, 2.24) is 9.62 Å². The predicted molar refractivity (Wildman–Crippen MR) is 107 cm³/mol. The Labute approximate surface area is 169 Å². The molecule has 1 heterocycles. The molecule has 2 aromatic rings. The number of carbonyl (C=O) groups excluding carboxylic acids is 2. The maximum Gasteiger partial charge on any atom is 0.251 e. The van der Waals surface area contributed by atoms with Gasteiger partial charge in [0, 0.05) is 25.1 Å². The van der Waals surface area contributed by atoms with Crippen molar-refractivity contribution in [3.8, 4) is 0 Å². The number of nitrogens with two attached hydrogens (primary N) is 1. The number of nitrogens with zero attached hydrogens (tertiary/aromatic N) is 1. The third-order valence-corrected chi connectivity index (χ3v) is 6.53. The Morgan fingerprint density at radius 1 is 1.07 bits per heavy atom. The second kappa shape index (κ2) is 9.17. The quantitative estimate of drug-likeness (QED) is 0.681. The minimum atomic E-state index is -3.73. The van der Waals surface area contributed by atoms with E-state index in [1.165, 1.54) is 28.6 Å². The van der Waals surface area contributed by atoms with E-state index in [9.17, 15) is 18.0 Å². The smallest absolute Gasteiger partial charge is 0.251 e. The van der Waals surface area contributed by atoms with Crippen LogP contribution in [0.5, 0.6) is 0 Å². The lowest BCUT2D eigenvalue weighted by atomic mass is 10.0. The van der Waals surface area contributed by atoms with Crippen LogP contribution in [0.2, 0.25) is 0 Å². The lowest BCUT2D eigenvalue weighted by Gasteiger charge is -2.26. The second-order valence-corrected chi connectivity index (χ2v) is 8.60. The molecule has 0 spiro atoms. The van der Waals surface area contributed by atoms with Gasteiger partial charge in [-0.3, -0.25) is 9.59 Å². The van der Waals surface area contributed by atoms with Crippen molar-refractivity contribution in [2.75, 3.05) is 26.3 Å². The minimum absolute atomic E-state index is 0.0192. The van der Waals surface area contributed by atoms with E-state index in [0.29, 0.717) is 13.2 Å². The first-order valence-electron chi connectivity index (χ1n) is 9.20. The number of morpholine rings is 1. The van der Waals surface area contributed by atoms with Gasteiger partial charge in [-0.1, -0.05) is 36.4 Å². The largest absolute Gasteiger partial charge is 0.379 e. The highest BCUT2D eigenvalue weighted by Crippen LogP contribution is 2.18. The van der Waals surface area contributed by atoms with Gasteiger partial charge in [-0.05, 0) is 23.8 Å². The van der Waals surface area contributed by atoms with Gasteiger partial charge in [0.05, 0.1) is 18.1 Å². The van der Waals surface area contributed by atoms with Crippen LogP contribution >= 0.6 is 0 Å². The fourth-order valence-electron chi connectivity index (χ4n) is 3.05. The molecule has 2 amide bonds. The Bertz CT molecular complexity index is 973. The Morgan fingerprint density at radius 2 is 1.76 bits per heavy atom. The molecule has 1 aliphatic heterocycles. The number of nitrogens with one attached hydrogen (secondary N) is 1. The summed E-state index contributed by atoms with van der Waals surface area (Å²) < 4.78 is 32.1. The van der Waals surface area contributed by atoms with Crippen LogP contribution in [0.4, 0.5) is 0 Å². The zero-order valence-electron chi connectivity index (χ0n) is 15.8. The first-order chi connectivity index (χ1) is 13.9. The molecule has 8 nitrogen and oxygen atoms in total. The summed E-state index contributed by atoms with van der Waals surface area (Å²) in [7, 11) is -3.73. The van der Waals surface area contributed by atoms with E-state index in [4.69, 9.17) is 10.5 Å². The molecule has 3 N–H and O–H groups in total. The van der Waals surface area contributed by atoms with Crippen molar-refractivity contribution >= 4 is 21.8 Å². The van der Waals surface area contributed by atoms with Crippen LogP contribution in [0.3, 0.4) is 0 Å². The zero-order valence-corrected chi connectivity index (χ0v) is 16.6. The van der Waals surface area contributed by atoms with Gasteiger partial charge in [0.2, 0.25) is 15.9 Å². The summed E-state index contributed by atoms with van der Waals surface area (Å²) in [4.78, 5) is 24.5. The van der Waals surface area contributed by atoms with E-state index in [2.05, 4.69) is 5.32 Å². The summed E-state index contributed by atoms with van der Waals surface area (Å²) in [6.45, 7) is 1.19.